The van der Waals surface area contributed by atoms with Gasteiger partial charge in [0.2, 0.25) is 10.0 Å². The number of carbonyl (C=O) groups excluding carboxylic acids is 1. The zero-order valence-corrected chi connectivity index (χ0v) is 18.6. The van der Waals surface area contributed by atoms with Crippen molar-refractivity contribution < 1.29 is 27.5 Å². The number of hydrogen-bond acceptors (Lipinski definition) is 5. The first-order valence-electron chi connectivity index (χ1n) is 8.77. The first kappa shape index (κ1) is 22.2. The van der Waals surface area contributed by atoms with E-state index >= 15 is 0 Å². The molecule has 30 heavy (non-hydrogen) atoms. The molecule has 2 aromatic rings. The first-order chi connectivity index (χ1) is 14.0. The maximum Gasteiger partial charge on any atom is 0.323 e. The zero-order valence-electron chi connectivity index (χ0n) is 16.2. The van der Waals surface area contributed by atoms with Crippen molar-refractivity contribution in [1.82, 2.24) is 9.21 Å². The molecule has 0 aromatic heterocycles. The molecule has 0 saturated carbocycles. The van der Waals surface area contributed by atoms with E-state index in [9.17, 15) is 27.5 Å². The van der Waals surface area contributed by atoms with Crippen molar-refractivity contribution in [3.05, 3.63) is 57.8 Å². The van der Waals surface area contributed by atoms with Crippen LogP contribution in [0.5, 0.6) is 0 Å². The number of hydrogen-bond donors (Lipinski definition) is 1. The van der Waals surface area contributed by atoms with Crippen molar-refractivity contribution in [2.75, 3.05) is 32.2 Å². The lowest BCUT2D eigenvalue weighted by Gasteiger charge is -2.37. The maximum absolute atomic E-state index is 14.3. The Bertz CT molecular complexity index is 1120. The van der Waals surface area contributed by atoms with E-state index in [2.05, 4.69) is 15.9 Å². The van der Waals surface area contributed by atoms with Crippen LogP contribution in [-0.2, 0) is 21.4 Å². The smallest absolute Gasteiger partial charge is 0.323 e. The van der Waals surface area contributed by atoms with Crippen LogP contribution in [0.25, 0.3) is 0 Å². The summed E-state index contributed by atoms with van der Waals surface area (Å²) in [5, 5.41) is 9.25. The van der Waals surface area contributed by atoms with Crippen LogP contribution in [-0.4, -0.2) is 61.9 Å². The Labute approximate surface area is 181 Å². The molecule has 0 bridgehead atoms. The summed E-state index contributed by atoms with van der Waals surface area (Å²) in [5.74, 6) is -2.14. The molecule has 0 aliphatic carbocycles. The van der Waals surface area contributed by atoms with Gasteiger partial charge < -0.3 is 14.9 Å². The van der Waals surface area contributed by atoms with Gasteiger partial charge in [-0.3, -0.25) is 9.59 Å². The lowest BCUT2D eigenvalue weighted by Crippen LogP contribution is -2.47. The fraction of sp³-hybridized carbons (Fsp3) is 0.263. The van der Waals surface area contributed by atoms with Gasteiger partial charge in [0.25, 0.3) is 5.91 Å². The number of benzene rings is 2. The van der Waals surface area contributed by atoms with Gasteiger partial charge in [-0.15, -0.1) is 0 Å². The van der Waals surface area contributed by atoms with E-state index < -0.39 is 34.3 Å². The molecule has 0 fully saturated rings. The number of carbonyl (C=O) groups is 2. The maximum atomic E-state index is 14.3. The Morgan fingerprint density at radius 1 is 1.20 bits per heavy atom. The lowest BCUT2D eigenvalue weighted by atomic mass is 10.1. The minimum absolute atomic E-state index is 0.140. The second kappa shape index (κ2) is 8.32. The fourth-order valence-corrected chi connectivity index (χ4v) is 5.08. The molecule has 1 aliphatic heterocycles. The molecule has 3 rings (SSSR count). The summed E-state index contributed by atoms with van der Waals surface area (Å²) in [6, 6.07) is 8.37. The number of amides is 1. The number of halogens is 2. The summed E-state index contributed by atoms with van der Waals surface area (Å²) in [4.78, 5) is 26.1. The van der Waals surface area contributed by atoms with Gasteiger partial charge in [0.15, 0.2) is 0 Å². The molecule has 1 heterocycles. The topological polar surface area (TPSA) is 98.2 Å². The van der Waals surface area contributed by atoms with Gasteiger partial charge >= 0.3 is 5.97 Å². The SMILES string of the molecule is CN(C)C(=O)c1ccc2c(c1)S(=O)(=O)N(Cc1ccc(Br)cc1F)CN2CC(=O)O. The minimum atomic E-state index is -4.11. The quantitative estimate of drug-likeness (QED) is 0.677. The molecule has 1 N–H and O–H groups in total. The average molecular weight is 500 g/mol. The molecule has 11 heteroatoms. The Hall–Kier alpha value is -2.50. The molecule has 1 amide bonds. The van der Waals surface area contributed by atoms with Crippen LogP contribution in [0.2, 0.25) is 0 Å². The van der Waals surface area contributed by atoms with Crippen LogP contribution in [0.4, 0.5) is 10.1 Å². The van der Waals surface area contributed by atoms with Gasteiger partial charge in [-0.1, -0.05) is 22.0 Å². The van der Waals surface area contributed by atoms with E-state index in [1.165, 1.54) is 54.2 Å². The number of anilines is 1. The summed E-state index contributed by atoms with van der Waals surface area (Å²) in [6.45, 7) is -1.01. The molecule has 0 unspecified atom stereocenters. The number of nitrogens with zero attached hydrogens (tertiary/aromatic N) is 3. The highest BCUT2D eigenvalue weighted by Crippen LogP contribution is 2.35. The number of sulfonamides is 1. The predicted molar refractivity (Wildman–Crippen MR) is 111 cm³/mol. The van der Waals surface area contributed by atoms with Crippen molar-refractivity contribution in [2.24, 2.45) is 0 Å². The highest BCUT2D eigenvalue weighted by Gasteiger charge is 2.37. The van der Waals surface area contributed by atoms with Gasteiger partial charge in [-0.05, 0) is 30.3 Å². The van der Waals surface area contributed by atoms with Crippen LogP contribution in [0.3, 0.4) is 0 Å². The second-order valence-electron chi connectivity index (χ2n) is 6.97. The van der Waals surface area contributed by atoms with Crippen molar-refractivity contribution >= 4 is 43.5 Å². The molecular weight excluding hydrogens is 481 g/mol. The number of carboxylic acid groups (broad SMARTS) is 1. The van der Waals surface area contributed by atoms with E-state index in [0.717, 1.165) is 4.31 Å². The Kier molecular flexibility index (Phi) is 6.16. The Morgan fingerprint density at radius 2 is 1.90 bits per heavy atom. The largest absolute Gasteiger partial charge is 0.480 e. The zero-order chi connectivity index (χ0) is 22.2. The summed E-state index contributed by atoms with van der Waals surface area (Å²) >= 11 is 3.15. The van der Waals surface area contributed by atoms with E-state index in [0.29, 0.717) is 4.47 Å². The van der Waals surface area contributed by atoms with Crippen molar-refractivity contribution in [3.63, 3.8) is 0 Å². The number of rotatable bonds is 5. The van der Waals surface area contributed by atoms with E-state index in [1.54, 1.807) is 6.07 Å². The minimum Gasteiger partial charge on any atom is -0.480 e. The van der Waals surface area contributed by atoms with E-state index in [4.69, 9.17) is 0 Å². The highest BCUT2D eigenvalue weighted by atomic mass is 79.9. The number of fused-ring (bicyclic) bond motifs is 1. The predicted octanol–water partition coefficient (Wildman–Crippen LogP) is 2.34. The fourth-order valence-electron chi connectivity index (χ4n) is 3.13. The summed E-state index contributed by atoms with van der Waals surface area (Å²) in [7, 11) is -1.03. The Morgan fingerprint density at radius 3 is 2.50 bits per heavy atom. The standard InChI is InChI=1S/C19H19BrFN3O5S/c1-22(2)19(27)12-4-6-16-17(7-12)30(28,29)24(11-23(16)10-18(25)26)9-13-3-5-14(20)8-15(13)21/h3-8H,9-11H2,1-2H3,(H,25,26). The summed E-state index contributed by atoms with van der Waals surface area (Å²) < 4.78 is 42.3. The highest BCUT2D eigenvalue weighted by molar-refractivity contribution is 9.10. The van der Waals surface area contributed by atoms with Crippen LogP contribution in [0.15, 0.2) is 45.8 Å². The molecule has 0 atom stereocenters. The average Bonchev–Trinajstić information content (AvgIpc) is 2.66. The van der Waals surface area contributed by atoms with E-state index in [1.807, 2.05) is 0 Å². The lowest BCUT2D eigenvalue weighted by molar-refractivity contribution is -0.135. The van der Waals surface area contributed by atoms with Crippen LogP contribution in [0, 0.1) is 5.82 Å². The van der Waals surface area contributed by atoms with Gasteiger partial charge in [-0.2, -0.15) is 4.31 Å². The third kappa shape index (κ3) is 4.32. The third-order valence-corrected chi connectivity index (χ3v) is 6.89. The van der Waals surface area contributed by atoms with Gasteiger partial charge in [-0.25, -0.2) is 12.8 Å². The van der Waals surface area contributed by atoms with Crippen molar-refractivity contribution in [3.8, 4) is 0 Å². The normalized spacial score (nSPS) is 15.5. The third-order valence-electron chi connectivity index (χ3n) is 4.59. The summed E-state index contributed by atoms with van der Waals surface area (Å²) in [5.41, 5.74) is 0.468. The van der Waals surface area contributed by atoms with Crippen LogP contribution in [0.1, 0.15) is 15.9 Å². The van der Waals surface area contributed by atoms with E-state index in [-0.39, 0.29) is 34.9 Å². The molecule has 160 valence electrons. The van der Waals surface area contributed by atoms with Gasteiger partial charge in [0.05, 0.1) is 12.4 Å². The Balaban J connectivity index is 2.09. The molecule has 2 aromatic carbocycles. The van der Waals surface area contributed by atoms with Crippen molar-refractivity contribution in [2.45, 2.75) is 11.4 Å². The van der Waals surface area contributed by atoms with Crippen LogP contribution >= 0.6 is 15.9 Å². The molecule has 8 nitrogen and oxygen atoms in total. The first-order valence-corrected chi connectivity index (χ1v) is 11.0. The monoisotopic (exact) mass is 499 g/mol. The molecule has 1 aliphatic rings. The summed E-state index contributed by atoms with van der Waals surface area (Å²) in [6.07, 6.45) is 0. The number of aliphatic carboxylic acids is 1. The van der Waals surface area contributed by atoms with Gasteiger partial charge in [0.1, 0.15) is 17.3 Å². The van der Waals surface area contributed by atoms with Crippen LogP contribution < -0.4 is 4.90 Å². The van der Waals surface area contributed by atoms with Crippen molar-refractivity contribution in [1.29, 1.82) is 0 Å². The van der Waals surface area contributed by atoms with Gasteiger partial charge in [0, 0.05) is 36.2 Å². The molecule has 0 radical (unpaired) electrons. The molecule has 0 saturated heterocycles. The number of carboxylic acids is 1. The molecular formula is C19H19BrFN3O5S. The second-order valence-corrected chi connectivity index (χ2v) is 9.79. The molecule has 0 spiro atoms.